The summed E-state index contributed by atoms with van der Waals surface area (Å²) in [6.07, 6.45) is 0.896. The van der Waals surface area contributed by atoms with E-state index in [0.29, 0.717) is 12.8 Å². The molecule has 5 amide bonds. The lowest BCUT2D eigenvalue weighted by molar-refractivity contribution is -0.141. The second kappa shape index (κ2) is 15.2. The van der Waals surface area contributed by atoms with Gasteiger partial charge in [0.2, 0.25) is 29.5 Å². The van der Waals surface area contributed by atoms with Crippen LogP contribution in [0.3, 0.4) is 0 Å². The lowest BCUT2D eigenvalue weighted by Crippen LogP contribution is -2.55. The molecule has 0 aliphatic carbocycles. The second-order valence-electron chi connectivity index (χ2n) is 7.40. The van der Waals surface area contributed by atoms with E-state index in [2.05, 4.69) is 27.8 Å². The first-order valence-corrected chi connectivity index (χ1v) is 10.4. The van der Waals surface area contributed by atoms with Crippen LogP contribution in [0.25, 0.3) is 0 Å². The fourth-order valence-corrected chi connectivity index (χ4v) is 2.71. The minimum absolute atomic E-state index is 0.0383. The molecule has 0 saturated heterocycles. The van der Waals surface area contributed by atoms with Crippen molar-refractivity contribution in [3.8, 4) is 0 Å². The number of allylic oxidation sites excluding steroid dienone is 1. The second-order valence-corrected chi connectivity index (χ2v) is 7.40. The summed E-state index contributed by atoms with van der Waals surface area (Å²) in [4.78, 5) is 70.8. The van der Waals surface area contributed by atoms with Gasteiger partial charge in [-0.15, -0.1) is 0 Å². The zero-order valence-corrected chi connectivity index (χ0v) is 18.8. The maximum atomic E-state index is 12.4. The molecule has 0 aromatic heterocycles. The first-order valence-electron chi connectivity index (χ1n) is 10.4. The quantitative estimate of drug-likeness (QED) is 0.132. The monoisotopic (exact) mass is 471 g/mol. The molecule has 0 spiro atoms. The van der Waals surface area contributed by atoms with Crippen LogP contribution in [-0.2, 0) is 28.8 Å². The molecular weight excluding hydrogens is 438 g/mol. The molecule has 13 nitrogen and oxygen atoms in total. The predicted octanol–water partition coefficient (Wildman–Crippen LogP) is -1.42. The molecule has 0 saturated carbocycles. The highest BCUT2D eigenvalue weighted by molar-refractivity contribution is 5.95. The van der Waals surface area contributed by atoms with E-state index in [0.717, 1.165) is 6.42 Å². The van der Waals surface area contributed by atoms with E-state index in [-0.39, 0.29) is 18.6 Å². The number of nitrogens with one attached hydrogen (secondary N) is 4. The van der Waals surface area contributed by atoms with Crippen molar-refractivity contribution in [2.75, 3.05) is 6.54 Å². The van der Waals surface area contributed by atoms with Crippen LogP contribution in [0.5, 0.6) is 0 Å². The zero-order valence-electron chi connectivity index (χ0n) is 18.8. The molecule has 0 radical (unpaired) electrons. The van der Waals surface area contributed by atoms with Gasteiger partial charge in [-0.3, -0.25) is 28.8 Å². The van der Waals surface area contributed by atoms with Crippen molar-refractivity contribution in [1.29, 1.82) is 0 Å². The van der Waals surface area contributed by atoms with Gasteiger partial charge in [0.05, 0.1) is 18.7 Å². The van der Waals surface area contributed by atoms with Crippen LogP contribution in [0.15, 0.2) is 12.3 Å². The molecule has 0 unspecified atom stereocenters. The SMILES string of the molecule is C=C(O)CC[C@H](NC(=O)[C@H](CC(=O)O)NC(=O)CNC(=O)[C@H](CCCC)NC(C)=O)C(N)=O. The van der Waals surface area contributed by atoms with Crippen molar-refractivity contribution in [3.63, 3.8) is 0 Å². The van der Waals surface area contributed by atoms with Gasteiger partial charge in [-0.05, 0) is 12.8 Å². The summed E-state index contributed by atoms with van der Waals surface area (Å²) in [7, 11) is 0. The third-order valence-corrected chi connectivity index (χ3v) is 4.38. The summed E-state index contributed by atoms with van der Waals surface area (Å²) in [5.41, 5.74) is 5.21. The van der Waals surface area contributed by atoms with Gasteiger partial charge in [0.1, 0.15) is 18.1 Å². The number of aliphatic hydroxyl groups excluding tert-OH is 1. The third-order valence-electron chi connectivity index (χ3n) is 4.38. The Balaban J connectivity index is 5.06. The number of hydrogen-bond acceptors (Lipinski definition) is 7. The maximum Gasteiger partial charge on any atom is 0.305 e. The number of carbonyl (C=O) groups excluding carboxylic acids is 5. The van der Waals surface area contributed by atoms with Gasteiger partial charge in [0.15, 0.2) is 0 Å². The first kappa shape index (κ1) is 29.4. The van der Waals surface area contributed by atoms with Crippen LogP contribution in [0, 0.1) is 0 Å². The Bertz CT molecular complexity index is 755. The topological polar surface area (TPSA) is 217 Å². The highest BCUT2D eigenvalue weighted by Crippen LogP contribution is 2.04. The van der Waals surface area contributed by atoms with Crippen molar-refractivity contribution >= 4 is 35.5 Å². The van der Waals surface area contributed by atoms with E-state index in [1.165, 1.54) is 6.92 Å². The highest BCUT2D eigenvalue weighted by atomic mass is 16.4. The van der Waals surface area contributed by atoms with Gasteiger partial charge in [-0.1, -0.05) is 26.3 Å². The van der Waals surface area contributed by atoms with Crippen molar-refractivity contribution in [3.05, 3.63) is 12.3 Å². The standard InChI is InChI=1S/C20H33N5O8/c1-4-5-6-14(23-12(3)27)19(32)22-10-16(28)24-15(9-17(29)30)20(33)25-13(18(21)31)8-7-11(2)26/h13-15,26H,2,4-10H2,1,3H3,(H2,21,31)(H,22,32)(H,23,27)(H,24,28)(H,25,33)(H,29,30)/t13-,14-,15-/m0/s1. The molecule has 0 aromatic rings. The van der Waals surface area contributed by atoms with Crippen LogP contribution >= 0.6 is 0 Å². The molecule has 0 aliphatic rings. The van der Waals surface area contributed by atoms with E-state index < -0.39 is 66.6 Å². The lowest BCUT2D eigenvalue weighted by Gasteiger charge is -2.21. The fourth-order valence-electron chi connectivity index (χ4n) is 2.71. The molecule has 3 atom stereocenters. The molecule has 0 fully saturated rings. The van der Waals surface area contributed by atoms with Gasteiger partial charge in [0.25, 0.3) is 0 Å². The molecule has 33 heavy (non-hydrogen) atoms. The smallest absolute Gasteiger partial charge is 0.305 e. The number of aliphatic carboxylic acids is 1. The Hall–Kier alpha value is -3.64. The average molecular weight is 472 g/mol. The van der Waals surface area contributed by atoms with Gasteiger partial charge in [-0.2, -0.15) is 0 Å². The Labute approximate surface area is 191 Å². The number of carboxylic acid groups (broad SMARTS) is 1. The summed E-state index contributed by atoms with van der Waals surface area (Å²) in [6, 6.07) is -3.63. The molecule has 13 heteroatoms. The normalized spacial score (nSPS) is 13.0. The Morgan fingerprint density at radius 1 is 0.909 bits per heavy atom. The highest BCUT2D eigenvalue weighted by Gasteiger charge is 2.28. The van der Waals surface area contributed by atoms with Gasteiger partial charge < -0.3 is 37.2 Å². The Morgan fingerprint density at radius 2 is 1.55 bits per heavy atom. The number of aliphatic hydroxyl groups is 1. The third kappa shape index (κ3) is 13.4. The minimum atomic E-state index is -1.56. The number of hydrogen-bond donors (Lipinski definition) is 7. The molecule has 0 bridgehead atoms. The number of amides is 5. The van der Waals surface area contributed by atoms with Crippen LogP contribution in [-0.4, -0.2) is 70.4 Å². The van der Waals surface area contributed by atoms with E-state index >= 15 is 0 Å². The number of carboxylic acids is 1. The molecular formula is C20H33N5O8. The van der Waals surface area contributed by atoms with Crippen LogP contribution < -0.4 is 27.0 Å². The Morgan fingerprint density at radius 3 is 2.03 bits per heavy atom. The van der Waals surface area contributed by atoms with Crippen LogP contribution in [0.2, 0.25) is 0 Å². The van der Waals surface area contributed by atoms with Gasteiger partial charge >= 0.3 is 5.97 Å². The lowest BCUT2D eigenvalue weighted by atomic mass is 10.1. The van der Waals surface area contributed by atoms with E-state index in [9.17, 15) is 28.8 Å². The maximum absolute atomic E-state index is 12.4. The molecule has 0 rings (SSSR count). The van der Waals surface area contributed by atoms with E-state index in [1.54, 1.807) is 0 Å². The average Bonchev–Trinajstić information content (AvgIpc) is 2.70. The minimum Gasteiger partial charge on any atom is -0.513 e. The largest absolute Gasteiger partial charge is 0.513 e. The number of nitrogens with two attached hydrogens (primary N) is 1. The molecule has 186 valence electrons. The summed E-state index contributed by atoms with van der Waals surface area (Å²) >= 11 is 0. The summed E-state index contributed by atoms with van der Waals surface area (Å²) in [6.45, 7) is 5.84. The van der Waals surface area contributed by atoms with Crippen LogP contribution in [0.4, 0.5) is 0 Å². The Kier molecular flexibility index (Phi) is 13.5. The van der Waals surface area contributed by atoms with Crippen molar-refractivity contribution in [2.24, 2.45) is 5.73 Å². The molecule has 0 aromatic carbocycles. The number of rotatable bonds is 16. The zero-order chi connectivity index (χ0) is 25.6. The fraction of sp³-hybridized carbons (Fsp3) is 0.600. The number of carbonyl (C=O) groups is 6. The van der Waals surface area contributed by atoms with Crippen molar-refractivity contribution in [1.82, 2.24) is 21.3 Å². The van der Waals surface area contributed by atoms with Gasteiger partial charge in [-0.25, -0.2) is 0 Å². The van der Waals surface area contributed by atoms with Crippen molar-refractivity contribution in [2.45, 2.75) is 70.5 Å². The van der Waals surface area contributed by atoms with E-state index in [4.69, 9.17) is 15.9 Å². The first-order chi connectivity index (χ1) is 15.4. The predicted molar refractivity (Wildman–Crippen MR) is 116 cm³/mol. The number of primary amides is 1. The van der Waals surface area contributed by atoms with Crippen molar-refractivity contribution < 1.29 is 39.0 Å². The van der Waals surface area contributed by atoms with Gasteiger partial charge in [0, 0.05) is 13.3 Å². The summed E-state index contributed by atoms with van der Waals surface area (Å²) in [5, 5.41) is 27.4. The summed E-state index contributed by atoms with van der Waals surface area (Å²) in [5.74, 6) is -5.42. The van der Waals surface area contributed by atoms with Crippen LogP contribution in [0.1, 0.15) is 52.4 Å². The summed E-state index contributed by atoms with van der Waals surface area (Å²) < 4.78 is 0. The molecule has 0 aliphatic heterocycles. The van der Waals surface area contributed by atoms with E-state index in [1.807, 2.05) is 6.92 Å². The number of unbranched alkanes of at least 4 members (excludes halogenated alkanes) is 1. The molecule has 0 heterocycles. The molecule has 8 N–H and O–H groups in total.